The second-order valence-corrected chi connectivity index (χ2v) is 6.75. The molecule has 0 saturated carbocycles. The molecule has 0 unspecified atom stereocenters. The Morgan fingerprint density at radius 1 is 1.07 bits per heavy atom. The van der Waals surface area contributed by atoms with Gasteiger partial charge in [-0.05, 0) is 37.1 Å². The molecule has 2 aromatic carbocycles. The highest BCUT2D eigenvalue weighted by Crippen LogP contribution is 2.18. The number of nitrogens with one attached hydrogen (secondary N) is 1. The summed E-state index contributed by atoms with van der Waals surface area (Å²) in [6.07, 6.45) is 0.0595. The topological polar surface area (TPSA) is 58.6 Å². The number of carbonyl (C=O) groups is 2. The third-order valence-corrected chi connectivity index (χ3v) is 4.54. The predicted octanol–water partition coefficient (Wildman–Crippen LogP) is 3.61. The van der Waals surface area contributed by atoms with E-state index in [1.807, 2.05) is 43.3 Å². The summed E-state index contributed by atoms with van der Waals surface area (Å²) in [5, 5.41) is 2.89. The van der Waals surface area contributed by atoms with Crippen molar-refractivity contribution in [2.24, 2.45) is 0 Å². The molecule has 0 spiro atoms. The lowest BCUT2D eigenvalue weighted by molar-refractivity contribution is -0.129. The first-order valence-electron chi connectivity index (χ1n) is 9.23. The van der Waals surface area contributed by atoms with Gasteiger partial charge in [-0.1, -0.05) is 43.3 Å². The van der Waals surface area contributed by atoms with E-state index < -0.39 is 12.1 Å². The van der Waals surface area contributed by atoms with Crippen LogP contribution in [0.3, 0.4) is 0 Å². The summed E-state index contributed by atoms with van der Waals surface area (Å²) in [5.41, 5.74) is 2.51. The molecular weight excluding hydrogens is 340 g/mol. The molecule has 5 nitrogen and oxygen atoms in total. The van der Waals surface area contributed by atoms with Crippen LogP contribution in [0.1, 0.15) is 42.1 Å². The first-order chi connectivity index (χ1) is 12.9. The van der Waals surface area contributed by atoms with Crippen molar-refractivity contribution in [3.63, 3.8) is 0 Å². The molecule has 144 valence electrons. The van der Waals surface area contributed by atoms with Gasteiger partial charge in [-0.25, -0.2) is 4.79 Å². The fourth-order valence-corrected chi connectivity index (χ4v) is 2.78. The van der Waals surface area contributed by atoms with E-state index in [-0.39, 0.29) is 11.8 Å². The van der Waals surface area contributed by atoms with E-state index in [0.717, 1.165) is 12.1 Å². The molecule has 5 heteroatoms. The fraction of sp³-hybridized carbons (Fsp3) is 0.364. The van der Waals surface area contributed by atoms with Gasteiger partial charge in [0, 0.05) is 32.2 Å². The summed E-state index contributed by atoms with van der Waals surface area (Å²) in [6.45, 7) is 4.19. The van der Waals surface area contributed by atoms with Crippen LogP contribution < -0.4 is 10.2 Å². The number of nitrogens with zero attached hydrogens (tertiary/aromatic N) is 1. The molecule has 0 heterocycles. The average Bonchev–Trinajstić information content (AvgIpc) is 2.69. The predicted molar refractivity (Wildman–Crippen MR) is 108 cm³/mol. The second kappa shape index (κ2) is 9.76. The summed E-state index contributed by atoms with van der Waals surface area (Å²) in [4.78, 5) is 26.6. The highest BCUT2D eigenvalue weighted by atomic mass is 16.5. The van der Waals surface area contributed by atoms with Gasteiger partial charge in [0.15, 0.2) is 6.10 Å². The van der Waals surface area contributed by atoms with Crippen molar-refractivity contribution in [3.05, 3.63) is 65.7 Å². The van der Waals surface area contributed by atoms with Gasteiger partial charge in [-0.15, -0.1) is 0 Å². The van der Waals surface area contributed by atoms with Crippen LogP contribution in [0, 0.1) is 0 Å². The molecule has 0 fully saturated rings. The van der Waals surface area contributed by atoms with Crippen molar-refractivity contribution < 1.29 is 14.3 Å². The zero-order valence-electron chi connectivity index (χ0n) is 16.4. The third kappa shape index (κ3) is 5.84. The Balaban J connectivity index is 1.91. The van der Waals surface area contributed by atoms with E-state index in [2.05, 4.69) is 24.4 Å². The van der Waals surface area contributed by atoms with Gasteiger partial charge >= 0.3 is 5.97 Å². The van der Waals surface area contributed by atoms with Crippen molar-refractivity contribution in [1.29, 1.82) is 0 Å². The lowest BCUT2D eigenvalue weighted by atomic mass is 9.96. The Kier molecular flexibility index (Phi) is 7.41. The molecule has 0 aliphatic carbocycles. The molecule has 0 aliphatic rings. The van der Waals surface area contributed by atoms with Crippen LogP contribution in [-0.2, 0) is 9.53 Å². The molecule has 0 radical (unpaired) electrons. The second-order valence-electron chi connectivity index (χ2n) is 6.75. The van der Waals surface area contributed by atoms with Crippen LogP contribution in [0.15, 0.2) is 54.6 Å². The number of esters is 1. The van der Waals surface area contributed by atoms with Gasteiger partial charge in [-0.3, -0.25) is 4.79 Å². The first-order valence-corrected chi connectivity index (χ1v) is 9.23. The third-order valence-electron chi connectivity index (χ3n) is 4.54. The van der Waals surface area contributed by atoms with Crippen molar-refractivity contribution in [3.8, 4) is 0 Å². The Hall–Kier alpha value is -2.82. The highest BCUT2D eigenvalue weighted by molar-refractivity contribution is 5.93. The van der Waals surface area contributed by atoms with Crippen LogP contribution in [-0.4, -0.2) is 38.6 Å². The van der Waals surface area contributed by atoms with Gasteiger partial charge in [0.25, 0.3) is 5.91 Å². The molecule has 2 rings (SSSR count). The average molecular weight is 368 g/mol. The normalized spacial score (nSPS) is 12.7. The zero-order chi connectivity index (χ0) is 19.8. The summed E-state index contributed by atoms with van der Waals surface area (Å²) >= 11 is 0. The maximum atomic E-state index is 12.3. The van der Waals surface area contributed by atoms with Crippen LogP contribution in [0.25, 0.3) is 0 Å². The zero-order valence-corrected chi connectivity index (χ0v) is 16.4. The summed E-state index contributed by atoms with van der Waals surface area (Å²) in [5.74, 6) is -0.562. The molecule has 1 amide bonds. The van der Waals surface area contributed by atoms with Gasteiger partial charge in [-0.2, -0.15) is 0 Å². The van der Waals surface area contributed by atoms with E-state index in [9.17, 15) is 9.59 Å². The van der Waals surface area contributed by atoms with E-state index in [1.54, 1.807) is 25.1 Å². The molecule has 0 saturated heterocycles. The molecular formula is C22H28N2O3. The lowest BCUT2D eigenvalue weighted by Crippen LogP contribution is -2.38. The standard InChI is InChI=1S/C22H28N2O3/c1-5-17(18-10-7-6-8-11-18)15-23-21(25)16(2)27-22(26)19-12-9-13-20(14-19)24(3)4/h6-14,16-17H,5,15H2,1-4H3,(H,23,25)/t16-,17+/m1/s1. The quantitative estimate of drug-likeness (QED) is 0.723. The minimum atomic E-state index is -0.853. The summed E-state index contributed by atoms with van der Waals surface area (Å²) in [7, 11) is 3.80. The lowest BCUT2D eigenvalue weighted by Gasteiger charge is -2.19. The highest BCUT2D eigenvalue weighted by Gasteiger charge is 2.20. The number of anilines is 1. The Bertz CT molecular complexity index is 759. The molecule has 0 aliphatic heterocycles. The number of ether oxygens (including phenoxy) is 1. The van der Waals surface area contributed by atoms with Crippen molar-refractivity contribution >= 4 is 17.6 Å². The maximum absolute atomic E-state index is 12.3. The van der Waals surface area contributed by atoms with Crippen LogP contribution in [0.4, 0.5) is 5.69 Å². The number of benzene rings is 2. The Morgan fingerprint density at radius 2 is 1.78 bits per heavy atom. The Labute approximate surface area is 161 Å². The Morgan fingerprint density at radius 3 is 2.41 bits per heavy atom. The van der Waals surface area contributed by atoms with E-state index in [4.69, 9.17) is 4.74 Å². The summed E-state index contributed by atoms with van der Waals surface area (Å²) in [6, 6.07) is 17.2. The number of hydrogen-bond acceptors (Lipinski definition) is 4. The molecule has 2 atom stereocenters. The van der Waals surface area contributed by atoms with E-state index in [1.165, 1.54) is 5.56 Å². The molecule has 27 heavy (non-hydrogen) atoms. The SMILES string of the molecule is CC[C@@H](CNC(=O)[C@@H](C)OC(=O)c1cccc(N(C)C)c1)c1ccccc1. The van der Waals surface area contributed by atoms with E-state index >= 15 is 0 Å². The van der Waals surface area contributed by atoms with Crippen LogP contribution in [0.5, 0.6) is 0 Å². The largest absolute Gasteiger partial charge is 0.449 e. The molecule has 0 aromatic heterocycles. The van der Waals surface area contributed by atoms with Crippen molar-refractivity contribution in [1.82, 2.24) is 5.32 Å². The molecule has 2 aromatic rings. The number of amides is 1. The first kappa shape index (κ1) is 20.5. The smallest absolute Gasteiger partial charge is 0.338 e. The number of hydrogen-bond donors (Lipinski definition) is 1. The number of rotatable bonds is 8. The van der Waals surface area contributed by atoms with Gasteiger partial charge < -0.3 is 15.0 Å². The fourth-order valence-electron chi connectivity index (χ4n) is 2.78. The van der Waals surface area contributed by atoms with Crippen molar-refractivity contribution in [2.45, 2.75) is 32.3 Å². The minimum absolute atomic E-state index is 0.231. The molecule has 0 bridgehead atoms. The maximum Gasteiger partial charge on any atom is 0.338 e. The monoisotopic (exact) mass is 368 g/mol. The van der Waals surface area contributed by atoms with Gasteiger partial charge in [0.2, 0.25) is 0 Å². The molecule has 1 N–H and O–H groups in total. The minimum Gasteiger partial charge on any atom is -0.449 e. The number of carbonyl (C=O) groups excluding carboxylic acids is 2. The van der Waals surface area contributed by atoms with E-state index in [0.29, 0.717) is 12.1 Å². The van der Waals surface area contributed by atoms with Gasteiger partial charge in [0.1, 0.15) is 0 Å². The summed E-state index contributed by atoms with van der Waals surface area (Å²) < 4.78 is 5.34. The van der Waals surface area contributed by atoms with Gasteiger partial charge in [0.05, 0.1) is 5.56 Å². The van der Waals surface area contributed by atoms with Crippen LogP contribution >= 0.6 is 0 Å². The van der Waals surface area contributed by atoms with Crippen LogP contribution in [0.2, 0.25) is 0 Å². The van der Waals surface area contributed by atoms with Crippen molar-refractivity contribution in [2.75, 3.05) is 25.5 Å².